The highest BCUT2D eigenvalue weighted by atomic mass is 16.6. The Hall–Kier alpha value is -2.70. The number of esters is 2. The van der Waals surface area contributed by atoms with Crippen molar-refractivity contribution in [3.05, 3.63) is 70.8 Å². The minimum Gasteiger partial charge on any atom is -0.460 e. The quantitative estimate of drug-likeness (QED) is 0.561. The molecule has 0 radical (unpaired) electrons. The number of ether oxygens (including phenoxy) is 2. The van der Waals surface area contributed by atoms with E-state index in [9.17, 15) is 9.59 Å². The van der Waals surface area contributed by atoms with Crippen LogP contribution in [0.1, 0.15) is 28.7 Å². The Balaban J connectivity index is 1.70. The first-order valence-electron chi connectivity index (χ1n) is 7.79. The first kappa shape index (κ1) is 18.6. The molecule has 0 atom stereocenters. The van der Waals surface area contributed by atoms with Crippen molar-refractivity contribution >= 4 is 11.9 Å². The van der Waals surface area contributed by atoms with Crippen molar-refractivity contribution in [2.45, 2.75) is 32.8 Å². The predicted molar refractivity (Wildman–Crippen MR) is 88.9 cm³/mol. The molecule has 2 aromatic carbocycles. The summed E-state index contributed by atoms with van der Waals surface area (Å²) in [6.45, 7) is 0.0180. The first-order valence-corrected chi connectivity index (χ1v) is 7.79. The van der Waals surface area contributed by atoms with Crippen LogP contribution in [0.4, 0.5) is 0 Å². The fourth-order valence-electron chi connectivity index (χ4n) is 2.03. The Morgan fingerprint density at radius 1 is 0.640 bits per heavy atom. The molecule has 132 valence electrons. The van der Waals surface area contributed by atoms with Crippen LogP contribution in [0.2, 0.25) is 0 Å². The van der Waals surface area contributed by atoms with Gasteiger partial charge in [0.05, 0.1) is 13.2 Å². The second kappa shape index (κ2) is 9.56. The van der Waals surface area contributed by atoms with Crippen LogP contribution in [-0.2, 0) is 45.5 Å². The summed E-state index contributed by atoms with van der Waals surface area (Å²) in [5.41, 5.74) is 3.07. The number of benzene rings is 2. The van der Waals surface area contributed by atoms with Gasteiger partial charge in [0.15, 0.2) is 0 Å². The van der Waals surface area contributed by atoms with E-state index in [1.165, 1.54) is 0 Å². The van der Waals surface area contributed by atoms with Gasteiger partial charge in [-0.1, -0.05) is 48.5 Å². The second-order valence-corrected chi connectivity index (χ2v) is 5.45. The van der Waals surface area contributed by atoms with E-state index in [1.807, 2.05) is 0 Å². The van der Waals surface area contributed by atoms with Crippen LogP contribution in [0.5, 0.6) is 0 Å². The monoisotopic (exact) mass is 344 g/mol. The summed E-state index contributed by atoms with van der Waals surface area (Å²) in [5, 5.41) is 17.9. The van der Waals surface area contributed by atoms with Gasteiger partial charge < -0.3 is 19.7 Å². The number of aliphatic hydroxyl groups is 2. The second-order valence-electron chi connectivity index (χ2n) is 5.45. The molecule has 6 nitrogen and oxygen atoms in total. The van der Waals surface area contributed by atoms with Gasteiger partial charge in [0, 0.05) is 0 Å². The summed E-state index contributed by atoms with van der Waals surface area (Å²) in [4.78, 5) is 23.3. The van der Waals surface area contributed by atoms with Gasteiger partial charge in [-0.3, -0.25) is 9.59 Å². The number of hydrogen-bond acceptors (Lipinski definition) is 6. The Labute approximate surface area is 145 Å². The van der Waals surface area contributed by atoms with E-state index in [4.69, 9.17) is 19.7 Å². The van der Waals surface area contributed by atoms with E-state index < -0.39 is 18.4 Å². The van der Waals surface area contributed by atoms with Crippen molar-refractivity contribution in [2.24, 2.45) is 0 Å². The number of hydrogen-bond donors (Lipinski definition) is 2. The first-order chi connectivity index (χ1) is 12.1. The van der Waals surface area contributed by atoms with Crippen LogP contribution < -0.4 is 0 Å². The van der Waals surface area contributed by atoms with E-state index in [1.54, 1.807) is 48.5 Å². The molecule has 0 unspecified atom stereocenters. The van der Waals surface area contributed by atoms with Crippen molar-refractivity contribution in [2.75, 3.05) is 0 Å². The number of rotatable bonds is 8. The molecule has 0 bridgehead atoms. The zero-order valence-electron chi connectivity index (χ0n) is 13.7. The maximum atomic E-state index is 11.7. The van der Waals surface area contributed by atoms with Crippen LogP contribution in [0.25, 0.3) is 0 Å². The van der Waals surface area contributed by atoms with Crippen LogP contribution in [-0.4, -0.2) is 22.2 Å². The van der Waals surface area contributed by atoms with Crippen molar-refractivity contribution in [1.29, 1.82) is 0 Å². The molecule has 0 aliphatic rings. The normalized spacial score (nSPS) is 10.3. The average Bonchev–Trinajstić information content (AvgIpc) is 2.65. The van der Waals surface area contributed by atoms with Gasteiger partial charge in [-0.05, 0) is 22.3 Å². The van der Waals surface area contributed by atoms with Gasteiger partial charge in [0.2, 0.25) is 0 Å². The zero-order chi connectivity index (χ0) is 18.1. The standard InChI is InChI=1S/C19H20O6/c20-10-14-1-5-16(6-2-14)12-24-18(22)9-19(23)25-13-17-7-3-15(11-21)4-8-17/h1-8,20-21H,9-13H2. The summed E-state index contributed by atoms with van der Waals surface area (Å²) >= 11 is 0. The van der Waals surface area contributed by atoms with E-state index >= 15 is 0 Å². The summed E-state index contributed by atoms with van der Waals surface area (Å²) in [6, 6.07) is 13.9. The van der Waals surface area contributed by atoms with Crippen LogP contribution in [0, 0.1) is 0 Å². The molecule has 6 heteroatoms. The largest absolute Gasteiger partial charge is 0.460 e. The number of carbonyl (C=O) groups excluding carboxylic acids is 2. The third kappa shape index (κ3) is 6.37. The van der Waals surface area contributed by atoms with Gasteiger partial charge in [-0.2, -0.15) is 0 Å². The molecule has 0 heterocycles. The van der Waals surface area contributed by atoms with Gasteiger partial charge >= 0.3 is 11.9 Å². The fraction of sp³-hybridized carbons (Fsp3) is 0.263. The minimum atomic E-state index is -0.660. The lowest BCUT2D eigenvalue weighted by atomic mass is 10.1. The van der Waals surface area contributed by atoms with E-state index in [2.05, 4.69) is 0 Å². The summed E-state index contributed by atoms with van der Waals surface area (Å²) in [7, 11) is 0. The number of aliphatic hydroxyl groups excluding tert-OH is 2. The minimum absolute atomic E-state index is 0.0470. The molecule has 2 rings (SSSR count). The third-order valence-corrected chi connectivity index (χ3v) is 3.50. The molecule has 0 aromatic heterocycles. The van der Waals surface area contributed by atoms with Crippen LogP contribution >= 0.6 is 0 Å². The Morgan fingerprint density at radius 3 is 1.28 bits per heavy atom. The van der Waals surface area contributed by atoms with E-state index in [0.717, 1.165) is 22.3 Å². The van der Waals surface area contributed by atoms with Gasteiger partial charge in [-0.15, -0.1) is 0 Å². The predicted octanol–water partition coefficient (Wildman–Crippen LogP) is 1.85. The maximum absolute atomic E-state index is 11.7. The highest BCUT2D eigenvalue weighted by Gasteiger charge is 2.12. The highest BCUT2D eigenvalue weighted by molar-refractivity contribution is 5.91. The lowest BCUT2D eigenvalue weighted by molar-refractivity contribution is -0.156. The summed E-state index contributed by atoms with van der Waals surface area (Å²) < 4.78 is 10.0. The SMILES string of the molecule is O=C(CC(=O)OCc1ccc(CO)cc1)OCc1ccc(CO)cc1. The smallest absolute Gasteiger partial charge is 0.317 e. The Morgan fingerprint density at radius 2 is 0.960 bits per heavy atom. The summed E-state index contributed by atoms with van der Waals surface area (Å²) in [6.07, 6.45) is -0.455. The van der Waals surface area contributed by atoms with Crippen LogP contribution in [0.15, 0.2) is 48.5 Å². The molecule has 25 heavy (non-hydrogen) atoms. The molecule has 0 saturated carbocycles. The maximum Gasteiger partial charge on any atom is 0.317 e. The molecular weight excluding hydrogens is 324 g/mol. The van der Waals surface area contributed by atoms with Gasteiger partial charge in [-0.25, -0.2) is 0 Å². The van der Waals surface area contributed by atoms with E-state index in [0.29, 0.717) is 0 Å². The van der Waals surface area contributed by atoms with E-state index in [-0.39, 0.29) is 26.4 Å². The lowest BCUT2D eigenvalue weighted by Crippen LogP contribution is -2.13. The van der Waals surface area contributed by atoms with Gasteiger partial charge in [0.1, 0.15) is 19.6 Å². The third-order valence-electron chi connectivity index (χ3n) is 3.50. The van der Waals surface area contributed by atoms with Crippen LogP contribution in [0.3, 0.4) is 0 Å². The highest BCUT2D eigenvalue weighted by Crippen LogP contribution is 2.08. The zero-order valence-corrected chi connectivity index (χ0v) is 13.7. The van der Waals surface area contributed by atoms with Gasteiger partial charge in [0.25, 0.3) is 0 Å². The molecule has 0 saturated heterocycles. The molecule has 0 spiro atoms. The fourth-order valence-corrected chi connectivity index (χ4v) is 2.03. The molecule has 0 fully saturated rings. The van der Waals surface area contributed by atoms with Crippen molar-refractivity contribution in [1.82, 2.24) is 0 Å². The number of carbonyl (C=O) groups is 2. The van der Waals surface area contributed by atoms with Crippen molar-refractivity contribution < 1.29 is 29.3 Å². The Bertz CT molecular complexity index is 629. The molecule has 0 amide bonds. The van der Waals surface area contributed by atoms with Crippen molar-refractivity contribution in [3.63, 3.8) is 0 Å². The van der Waals surface area contributed by atoms with Crippen molar-refractivity contribution in [3.8, 4) is 0 Å². The Kier molecular flexibility index (Phi) is 7.13. The lowest BCUT2D eigenvalue weighted by Gasteiger charge is -2.07. The molecule has 0 aliphatic carbocycles. The molecular formula is C19H20O6. The molecule has 2 aromatic rings. The average molecular weight is 344 g/mol. The summed E-state index contributed by atoms with van der Waals surface area (Å²) in [5.74, 6) is -1.32. The topological polar surface area (TPSA) is 93.1 Å². The molecule has 2 N–H and O–H groups in total. The molecule has 0 aliphatic heterocycles.